The van der Waals surface area contributed by atoms with E-state index in [2.05, 4.69) is 0 Å². The van der Waals surface area contributed by atoms with Crippen LogP contribution in [0.5, 0.6) is 0 Å². The fraction of sp³-hybridized carbons (Fsp3) is 0.417. The molecule has 1 atom stereocenters. The second kappa shape index (κ2) is 4.91. The van der Waals surface area contributed by atoms with Crippen LogP contribution in [0, 0.1) is 6.92 Å². The van der Waals surface area contributed by atoms with E-state index in [9.17, 15) is 4.79 Å². The van der Waals surface area contributed by atoms with Crippen molar-refractivity contribution in [1.82, 2.24) is 0 Å². The van der Waals surface area contributed by atoms with Crippen LogP contribution in [0.25, 0.3) is 0 Å². The first-order valence-electron chi connectivity index (χ1n) is 5.02. The maximum atomic E-state index is 11.8. The predicted molar refractivity (Wildman–Crippen MR) is 58.4 cm³/mol. The van der Waals surface area contributed by atoms with Crippen LogP contribution in [0.4, 0.5) is 0 Å². The normalized spacial score (nSPS) is 12.5. The van der Waals surface area contributed by atoms with Crippen molar-refractivity contribution >= 4 is 5.78 Å². The number of hydrogen-bond acceptors (Lipinski definition) is 2. The Morgan fingerprint density at radius 3 is 2.64 bits per heavy atom. The molecule has 2 N–H and O–H groups in total. The van der Waals surface area contributed by atoms with Crippen LogP contribution in [0.2, 0.25) is 0 Å². The molecule has 0 spiro atoms. The number of rotatable bonds is 4. The van der Waals surface area contributed by atoms with Crippen LogP contribution in [0.1, 0.15) is 35.7 Å². The molecule has 2 nitrogen and oxygen atoms in total. The smallest absolute Gasteiger partial charge is 0.179 e. The van der Waals surface area contributed by atoms with Gasteiger partial charge in [0.25, 0.3) is 0 Å². The molecule has 14 heavy (non-hydrogen) atoms. The van der Waals surface area contributed by atoms with E-state index in [1.54, 1.807) is 0 Å². The highest BCUT2D eigenvalue weighted by Gasteiger charge is 2.15. The molecular formula is C12H17NO. The summed E-state index contributed by atoms with van der Waals surface area (Å²) >= 11 is 0. The highest BCUT2D eigenvalue weighted by molar-refractivity contribution is 6.01. The molecule has 0 aromatic heterocycles. The molecule has 0 aliphatic carbocycles. The Hall–Kier alpha value is -1.15. The zero-order valence-electron chi connectivity index (χ0n) is 8.79. The predicted octanol–water partition coefficient (Wildman–Crippen LogP) is 2.31. The first-order valence-corrected chi connectivity index (χ1v) is 5.02. The van der Waals surface area contributed by atoms with Crippen LogP contribution in [0.15, 0.2) is 24.3 Å². The lowest BCUT2D eigenvalue weighted by Crippen LogP contribution is -2.30. The van der Waals surface area contributed by atoms with E-state index >= 15 is 0 Å². The molecule has 0 saturated carbocycles. The number of nitrogens with two attached hydrogens (primary N) is 1. The molecule has 1 aromatic carbocycles. The van der Waals surface area contributed by atoms with Gasteiger partial charge in [-0.2, -0.15) is 0 Å². The molecule has 1 rings (SSSR count). The van der Waals surface area contributed by atoms with Gasteiger partial charge in [0, 0.05) is 5.56 Å². The van der Waals surface area contributed by atoms with Crippen molar-refractivity contribution in [3.05, 3.63) is 35.4 Å². The van der Waals surface area contributed by atoms with E-state index in [1.807, 2.05) is 38.1 Å². The Balaban J connectivity index is 2.84. The summed E-state index contributed by atoms with van der Waals surface area (Å²) < 4.78 is 0. The van der Waals surface area contributed by atoms with Crippen LogP contribution in [0.3, 0.4) is 0 Å². The lowest BCUT2D eigenvalue weighted by molar-refractivity contribution is 0.0956. The Morgan fingerprint density at radius 2 is 2.07 bits per heavy atom. The quantitative estimate of drug-likeness (QED) is 0.742. The molecule has 1 aromatic rings. The number of Topliss-reactive ketones (excluding diaryl/α,β-unsaturated/α-hetero) is 1. The third kappa shape index (κ3) is 2.42. The Labute approximate surface area is 85.1 Å². The summed E-state index contributed by atoms with van der Waals surface area (Å²) in [5.41, 5.74) is 7.54. The summed E-state index contributed by atoms with van der Waals surface area (Å²) in [7, 11) is 0. The first-order chi connectivity index (χ1) is 6.66. The fourth-order valence-electron chi connectivity index (χ4n) is 1.49. The lowest BCUT2D eigenvalue weighted by Gasteiger charge is -2.10. The van der Waals surface area contributed by atoms with E-state index in [1.165, 1.54) is 0 Å². The SMILES string of the molecule is CCCC(N)C(=O)c1ccccc1C. The molecule has 0 saturated heterocycles. The molecule has 0 radical (unpaired) electrons. The third-order valence-corrected chi connectivity index (χ3v) is 2.35. The topological polar surface area (TPSA) is 43.1 Å². The highest BCUT2D eigenvalue weighted by Crippen LogP contribution is 2.11. The van der Waals surface area contributed by atoms with Gasteiger partial charge in [0.15, 0.2) is 5.78 Å². The maximum absolute atomic E-state index is 11.8. The molecule has 2 heteroatoms. The van der Waals surface area contributed by atoms with E-state index < -0.39 is 0 Å². The number of carbonyl (C=O) groups excluding carboxylic acids is 1. The molecule has 0 fully saturated rings. The minimum Gasteiger partial charge on any atom is -0.321 e. The van der Waals surface area contributed by atoms with Gasteiger partial charge in [0.2, 0.25) is 0 Å². The zero-order valence-corrected chi connectivity index (χ0v) is 8.79. The molecule has 0 heterocycles. The van der Waals surface area contributed by atoms with Crippen molar-refractivity contribution in [2.75, 3.05) is 0 Å². The Morgan fingerprint density at radius 1 is 1.43 bits per heavy atom. The van der Waals surface area contributed by atoms with Gasteiger partial charge in [-0.15, -0.1) is 0 Å². The van der Waals surface area contributed by atoms with Crippen LogP contribution < -0.4 is 5.73 Å². The zero-order chi connectivity index (χ0) is 10.6. The molecule has 0 aliphatic heterocycles. The number of benzene rings is 1. The lowest BCUT2D eigenvalue weighted by atomic mass is 9.98. The summed E-state index contributed by atoms with van der Waals surface area (Å²) in [5, 5.41) is 0. The summed E-state index contributed by atoms with van der Waals surface area (Å²) in [4.78, 5) is 11.8. The van der Waals surface area contributed by atoms with Crippen molar-refractivity contribution in [3.8, 4) is 0 Å². The van der Waals surface area contributed by atoms with Crippen molar-refractivity contribution in [1.29, 1.82) is 0 Å². The molecule has 0 bridgehead atoms. The van der Waals surface area contributed by atoms with Crippen LogP contribution in [-0.2, 0) is 0 Å². The molecule has 1 unspecified atom stereocenters. The summed E-state index contributed by atoms with van der Waals surface area (Å²) in [6, 6.07) is 7.23. The van der Waals surface area contributed by atoms with E-state index in [0.29, 0.717) is 0 Å². The fourth-order valence-corrected chi connectivity index (χ4v) is 1.49. The summed E-state index contributed by atoms with van der Waals surface area (Å²) in [6.45, 7) is 3.97. The Kier molecular flexibility index (Phi) is 3.84. The van der Waals surface area contributed by atoms with E-state index in [4.69, 9.17) is 5.73 Å². The molecule has 76 valence electrons. The van der Waals surface area contributed by atoms with Crippen molar-refractivity contribution in [3.63, 3.8) is 0 Å². The van der Waals surface area contributed by atoms with Gasteiger partial charge >= 0.3 is 0 Å². The van der Waals surface area contributed by atoms with E-state index in [0.717, 1.165) is 24.0 Å². The molecule has 0 aliphatic rings. The Bertz CT molecular complexity index is 320. The van der Waals surface area contributed by atoms with Gasteiger partial charge in [0.1, 0.15) is 0 Å². The molecule has 0 amide bonds. The second-order valence-electron chi connectivity index (χ2n) is 3.57. The minimum absolute atomic E-state index is 0.0601. The molecular weight excluding hydrogens is 174 g/mol. The average Bonchev–Trinajstić information content (AvgIpc) is 2.18. The van der Waals surface area contributed by atoms with Gasteiger partial charge in [-0.1, -0.05) is 37.6 Å². The number of hydrogen-bond donors (Lipinski definition) is 1. The maximum Gasteiger partial charge on any atom is 0.179 e. The first kappa shape index (κ1) is 10.9. The standard InChI is InChI=1S/C12H17NO/c1-3-6-11(13)12(14)10-8-5-4-7-9(10)2/h4-5,7-8,11H,3,6,13H2,1-2H3. The van der Waals surface area contributed by atoms with Gasteiger partial charge in [-0.05, 0) is 18.9 Å². The van der Waals surface area contributed by atoms with Crippen molar-refractivity contribution in [2.24, 2.45) is 5.73 Å². The van der Waals surface area contributed by atoms with Crippen molar-refractivity contribution in [2.45, 2.75) is 32.7 Å². The number of aryl methyl sites for hydroxylation is 1. The number of ketones is 1. The largest absolute Gasteiger partial charge is 0.321 e. The van der Waals surface area contributed by atoms with E-state index in [-0.39, 0.29) is 11.8 Å². The second-order valence-corrected chi connectivity index (χ2v) is 3.57. The van der Waals surface area contributed by atoms with Crippen molar-refractivity contribution < 1.29 is 4.79 Å². The summed E-state index contributed by atoms with van der Waals surface area (Å²) in [5.74, 6) is 0.0601. The third-order valence-electron chi connectivity index (χ3n) is 2.35. The van der Waals surface area contributed by atoms with Gasteiger partial charge in [0.05, 0.1) is 6.04 Å². The average molecular weight is 191 g/mol. The highest BCUT2D eigenvalue weighted by atomic mass is 16.1. The minimum atomic E-state index is -0.346. The van der Waals surface area contributed by atoms with Gasteiger partial charge < -0.3 is 5.73 Å². The van der Waals surface area contributed by atoms with Gasteiger partial charge in [-0.25, -0.2) is 0 Å². The van der Waals surface area contributed by atoms with Crippen LogP contribution >= 0.6 is 0 Å². The number of carbonyl (C=O) groups is 1. The monoisotopic (exact) mass is 191 g/mol. The van der Waals surface area contributed by atoms with Gasteiger partial charge in [-0.3, -0.25) is 4.79 Å². The summed E-state index contributed by atoms with van der Waals surface area (Å²) in [6.07, 6.45) is 1.70. The van der Waals surface area contributed by atoms with Crippen LogP contribution in [-0.4, -0.2) is 11.8 Å².